The summed E-state index contributed by atoms with van der Waals surface area (Å²) in [6, 6.07) is 2.06. The largest absolute Gasteiger partial charge is 0.444 e. The summed E-state index contributed by atoms with van der Waals surface area (Å²) in [7, 11) is 3.68. The fourth-order valence-electron chi connectivity index (χ4n) is 3.60. The van der Waals surface area contributed by atoms with Crippen LogP contribution in [0.4, 0.5) is 4.79 Å². The van der Waals surface area contributed by atoms with Gasteiger partial charge in [-0.25, -0.2) is 9.31 Å². The second kappa shape index (κ2) is 9.36. The molecule has 0 spiro atoms. The normalized spacial score (nSPS) is 14.7. The summed E-state index contributed by atoms with van der Waals surface area (Å²) in [6.07, 6.45) is 12.7. The molecule has 0 aliphatic heterocycles. The number of aromatic amines is 1. The van der Waals surface area contributed by atoms with Crippen LogP contribution in [0.1, 0.15) is 52.9 Å². The lowest BCUT2D eigenvalue weighted by Gasteiger charge is -2.32. The molecule has 4 rings (SSSR count). The minimum Gasteiger partial charge on any atom is -0.444 e. The number of fused-ring (bicyclic) bond motifs is 1. The molecule has 9 nitrogen and oxygen atoms in total. The minimum atomic E-state index is -0.389. The van der Waals surface area contributed by atoms with Gasteiger partial charge in [0.15, 0.2) is 0 Å². The fraction of sp³-hybridized carbons (Fsp3) is 0.545. The minimum absolute atomic E-state index is 0.154. The van der Waals surface area contributed by atoms with Crippen molar-refractivity contribution in [2.75, 3.05) is 7.05 Å². The molecule has 3 aromatic rings. The van der Waals surface area contributed by atoms with E-state index in [2.05, 4.69) is 15.2 Å². The van der Waals surface area contributed by atoms with Crippen LogP contribution in [0.3, 0.4) is 0 Å². The SMILES string of the molecule is CN(C(=O)OC(C)(C)C)C1CCCCC1.Cn1cc(-c2cn3nccc3c(=O)[nH]2)cn1. The number of ether oxygens (including phenoxy) is 1. The van der Waals surface area contributed by atoms with Gasteiger partial charge >= 0.3 is 6.09 Å². The molecule has 1 saturated carbocycles. The molecule has 1 amide bonds. The van der Waals surface area contributed by atoms with Crippen LogP contribution in [0.5, 0.6) is 0 Å². The Hall–Kier alpha value is -3.10. The van der Waals surface area contributed by atoms with Gasteiger partial charge in [0.1, 0.15) is 11.1 Å². The zero-order valence-corrected chi connectivity index (χ0v) is 19.0. The average Bonchev–Trinajstić information content (AvgIpc) is 3.36. The molecule has 1 N–H and O–H groups in total. The molecule has 3 heterocycles. The maximum absolute atomic E-state index is 11.8. The molecule has 0 bridgehead atoms. The lowest BCUT2D eigenvalue weighted by Crippen LogP contribution is -2.41. The number of aromatic nitrogens is 5. The number of nitrogens with zero attached hydrogens (tertiary/aromatic N) is 5. The summed E-state index contributed by atoms with van der Waals surface area (Å²) in [6.45, 7) is 5.71. The van der Waals surface area contributed by atoms with E-state index in [0.29, 0.717) is 17.3 Å². The number of nitrogens with one attached hydrogen (secondary N) is 1. The molecule has 0 unspecified atom stereocenters. The predicted molar refractivity (Wildman–Crippen MR) is 119 cm³/mol. The molecule has 1 aliphatic carbocycles. The van der Waals surface area contributed by atoms with Gasteiger partial charge < -0.3 is 14.6 Å². The quantitative estimate of drug-likeness (QED) is 0.672. The van der Waals surface area contributed by atoms with E-state index in [9.17, 15) is 9.59 Å². The first kappa shape index (κ1) is 22.6. The summed E-state index contributed by atoms with van der Waals surface area (Å²) in [5.74, 6) is 0. The third kappa shape index (κ3) is 5.96. The first-order chi connectivity index (χ1) is 14.6. The fourth-order valence-corrected chi connectivity index (χ4v) is 3.60. The highest BCUT2D eigenvalue weighted by atomic mass is 16.6. The number of carbonyl (C=O) groups is 1. The maximum Gasteiger partial charge on any atom is 0.410 e. The van der Waals surface area contributed by atoms with E-state index in [1.54, 1.807) is 38.8 Å². The Morgan fingerprint density at radius 1 is 1.19 bits per heavy atom. The van der Waals surface area contributed by atoms with E-state index in [-0.39, 0.29) is 17.3 Å². The van der Waals surface area contributed by atoms with Crippen LogP contribution in [0.25, 0.3) is 16.8 Å². The van der Waals surface area contributed by atoms with E-state index in [1.165, 1.54) is 19.3 Å². The van der Waals surface area contributed by atoms with Gasteiger partial charge in [-0.1, -0.05) is 19.3 Å². The molecule has 0 saturated heterocycles. The summed E-state index contributed by atoms with van der Waals surface area (Å²) >= 11 is 0. The molecule has 0 radical (unpaired) electrons. The molecule has 31 heavy (non-hydrogen) atoms. The number of carbonyl (C=O) groups excluding carboxylic acids is 1. The van der Waals surface area contributed by atoms with Gasteiger partial charge in [0.25, 0.3) is 5.56 Å². The van der Waals surface area contributed by atoms with Crippen LogP contribution in [0, 0.1) is 0 Å². The van der Waals surface area contributed by atoms with Crippen molar-refractivity contribution in [2.45, 2.75) is 64.5 Å². The van der Waals surface area contributed by atoms with Gasteiger partial charge in [0, 0.05) is 31.9 Å². The van der Waals surface area contributed by atoms with Crippen LogP contribution in [0.2, 0.25) is 0 Å². The van der Waals surface area contributed by atoms with Gasteiger partial charge in [-0.05, 0) is 39.7 Å². The second-order valence-corrected chi connectivity index (χ2v) is 8.94. The van der Waals surface area contributed by atoms with Gasteiger partial charge in [-0.3, -0.25) is 9.48 Å². The Balaban J connectivity index is 0.000000176. The molecule has 1 fully saturated rings. The monoisotopic (exact) mass is 428 g/mol. The Labute approximate surface area is 182 Å². The number of hydrogen-bond acceptors (Lipinski definition) is 5. The van der Waals surface area contributed by atoms with Gasteiger partial charge in [-0.15, -0.1) is 0 Å². The molecule has 0 atom stereocenters. The average molecular weight is 429 g/mol. The maximum atomic E-state index is 11.8. The highest BCUT2D eigenvalue weighted by molar-refractivity contribution is 5.68. The summed E-state index contributed by atoms with van der Waals surface area (Å²) in [5, 5.41) is 8.10. The smallest absolute Gasteiger partial charge is 0.410 e. The number of rotatable bonds is 2. The zero-order chi connectivity index (χ0) is 22.6. The number of amides is 1. The molecule has 168 valence electrons. The Morgan fingerprint density at radius 2 is 1.90 bits per heavy atom. The van der Waals surface area contributed by atoms with E-state index in [4.69, 9.17) is 4.74 Å². The van der Waals surface area contributed by atoms with Crippen LogP contribution >= 0.6 is 0 Å². The molecule has 0 aromatic carbocycles. The molecular weight excluding hydrogens is 396 g/mol. The van der Waals surface area contributed by atoms with Crippen molar-refractivity contribution in [2.24, 2.45) is 7.05 Å². The Kier molecular flexibility index (Phi) is 6.82. The van der Waals surface area contributed by atoms with Crippen molar-refractivity contribution < 1.29 is 9.53 Å². The molecular formula is C22H32N6O3. The first-order valence-corrected chi connectivity index (χ1v) is 10.7. The van der Waals surface area contributed by atoms with Crippen molar-refractivity contribution in [3.63, 3.8) is 0 Å². The summed E-state index contributed by atoms with van der Waals surface area (Å²) < 4.78 is 8.58. The van der Waals surface area contributed by atoms with Crippen molar-refractivity contribution in [3.8, 4) is 11.3 Å². The summed E-state index contributed by atoms with van der Waals surface area (Å²) in [5.41, 5.74) is 1.55. The Bertz CT molecular complexity index is 1070. The molecule has 3 aromatic heterocycles. The second-order valence-electron chi connectivity index (χ2n) is 8.94. The zero-order valence-electron chi connectivity index (χ0n) is 19.0. The lowest BCUT2D eigenvalue weighted by molar-refractivity contribution is 0.0189. The molecule has 9 heteroatoms. The standard InChI is InChI=1S/C12H23NO2.C10H9N5O/c1-12(2,3)15-11(14)13(4)10-8-6-5-7-9-10;1-14-5-7(4-12-14)8-6-15-9(2-3-11-15)10(16)13-8/h10H,5-9H2,1-4H3;2-6H,1H3,(H,13,16). The van der Waals surface area contributed by atoms with E-state index >= 15 is 0 Å². The van der Waals surface area contributed by atoms with Gasteiger partial charge in [-0.2, -0.15) is 10.2 Å². The summed E-state index contributed by atoms with van der Waals surface area (Å²) in [4.78, 5) is 28.0. The van der Waals surface area contributed by atoms with E-state index in [0.717, 1.165) is 18.4 Å². The number of hydrogen-bond donors (Lipinski definition) is 1. The highest BCUT2D eigenvalue weighted by Gasteiger charge is 2.26. The lowest BCUT2D eigenvalue weighted by atomic mass is 9.95. The van der Waals surface area contributed by atoms with Crippen LogP contribution < -0.4 is 5.56 Å². The van der Waals surface area contributed by atoms with Gasteiger partial charge in [0.2, 0.25) is 0 Å². The topological polar surface area (TPSA) is 97.5 Å². The predicted octanol–water partition coefficient (Wildman–Crippen LogP) is 3.61. The number of H-pyrrole nitrogens is 1. The van der Waals surface area contributed by atoms with Crippen molar-refractivity contribution in [1.29, 1.82) is 0 Å². The van der Waals surface area contributed by atoms with Crippen molar-refractivity contribution >= 4 is 11.6 Å². The number of aryl methyl sites for hydroxylation is 1. The van der Waals surface area contributed by atoms with E-state index < -0.39 is 0 Å². The third-order valence-corrected chi connectivity index (χ3v) is 5.22. The van der Waals surface area contributed by atoms with E-state index in [1.807, 2.05) is 41.1 Å². The van der Waals surface area contributed by atoms with Crippen LogP contribution in [-0.2, 0) is 11.8 Å². The molecule has 1 aliphatic rings. The van der Waals surface area contributed by atoms with Crippen molar-refractivity contribution in [3.05, 3.63) is 41.2 Å². The highest BCUT2D eigenvalue weighted by Crippen LogP contribution is 2.23. The van der Waals surface area contributed by atoms with Crippen LogP contribution in [0.15, 0.2) is 35.6 Å². The third-order valence-electron chi connectivity index (χ3n) is 5.22. The van der Waals surface area contributed by atoms with Crippen molar-refractivity contribution in [1.82, 2.24) is 29.3 Å². The van der Waals surface area contributed by atoms with Gasteiger partial charge in [0.05, 0.1) is 24.3 Å². The Morgan fingerprint density at radius 3 is 2.52 bits per heavy atom. The first-order valence-electron chi connectivity index (χ1n) is 10.7. The van der Waals surface area contributed by atoms with Crippen LogP contribution in [-0.4, -0.2) is 54.1 Å².